The molecule has 6 nitrogen and oxygen atoms in total. The van der Waals surface area contributed by atoms with Crippen LogP contribution in [-0.4, -0.2) is 55.4 Å². The molecule has 2 fully saturated rings. The number of hydrogen-bond donors (Lipinski definition) is 0. The maximum atomic E-state index is 12.4. The fourth-order valence-electron chi connectivity index (χ4n) is 3.66. The maximum Gasteiger partial charge on any atom is 0.250 e. The van der Waals surface area contributed by atoms with Crippen molar-refractivity contribution in [2.45, 2.75) is 45.4 Å². The summed E-state index contributed by atoms with van der Waals surface area (Å²) < 4.78 is 24.3. The molecule has 2 aliphatic heterocycles. The van der Waals surface area contributed by atoms with Gasteiger partial charge in [-0.1, -0.05) is 25.6 Å². The van der Waals surface area contributed by atoms with E-state index in [0.717, 1.165) is 30.9 Å². The summed E-state index contributed by atoms with van der Waals surface area (Å²) in [6.07, 6.45) is 0.736. The molecule has 1 aromatic rings. The highest BCUT2D eigenvalue weighted by atomic mass is 32.2. The van der Waals surface area contributed by atoms with Crippen LogP contribution >= 0.6 is 11.8 Å². The summed E-state index contributed by atoms with van der Waals surface area (Å²) in [5, 5.41) is 0.557. The van der Waals surface area contributed by atoms with Gasteiger partial charge in [0.1, 0.15) is 0 Å². The monoisotopic (exact) mass is 423 g/mol. The van der Waals surface area contributed by atoms with Crippen molar-refractivity contribution in [2.75, 3.05) is 34.4 Å². The zero-order valence-corrected chi connectivity index (χ0v) is 18.6. The van der Waals surface area contributed by atoms with Crippen molar-refractivity contribution in [2.24, 2.45) is 10.9 Å². The first-order chi connectivity index (χ1) is 13.3. The third kappa shape index (κ3) is 4.22. The summed E-state index contributed by atoms with van der Waals surface area (Å²) >= 11 is 1.43. The minimum atomic E-state index is -3.06. The Morgan fingerprint density at radius 2 is 1.86 bits per heavy atom. The topological polar surface area (TPSA) is 70.0 Å². The molecule has 0 unspecified atom stereocenters. The Labute approximate surface area is 172 Å². The molecule has 2 saturated heterocycles. The number of carbonyl (C=O) groups excluding carboxylic acids is 1. The summed E-state index contributed by atoms with van der Waals surface area (Å²) in [6.45, 7) is 9.93. The second kappa shape index (κ2) is 8.45. The van der Waals surface area contributed by atoms with Gasteiger partial charge in [-0.05, 0) is 44.5 Å². The number of fused-ring (bicyclic) bond motifs is 1. The average Bonchev–Trinajstić information content (AvgIpc) is 3.13. The highest BCUT2D eigenvalue weighted by Crippen LogP contribution is 2.41. The van der Waals surface area contributed by atoms with Crippen LogP contribution in [0.1, 0.15) is 34.1 Å². The maximum absolute atomic E-state index is 12.4. The largest absolute Gasteiger partial charge is 0.372 e. The minimum absolute atomic E-state index is 0.0732. The number of amides is 1. The molecular formula is C20H29N3O3S2. The fraction of sp³-hybridized carbons (Fsp3) is 0.600. The number of aliphatic imine (C=N–C) groups is 1. The smallest absolute Gasteiger partial charge is 0.250 e. The number of anilines is 2. The molecule has 8 heteroatoms. The Kier molecular flexibility index (Phi) is 6.39. The van der Waals surface area contributed by atoms with Crippen molar-refractivity contribution < 1.29 is 13.2 Å². The minimum Gasteiger partial charge on any atom is -0.372 e. The molecule has 0 saturated carbocycles. The standard InChI is InChI=1S/C20H29N3O3S2/c1-5-14(4)19(24)21-20-23(17-12-28(25,26)13-18(17)27-20)16-10-8-15(9-11-16)22(6-2)7-3/h8-11,14,17-18H,5-7,12-13H2,1-4H3/t14-,17+,18+/m1/s1. The van der Waals surface area contributed by atoms with E-state index in [1.807, 2.05) is 30.9 Å². The van der Waals surface area contributed by atoms with Gasteiger partial charge < -0.3 is 9.80 Å². The molecule has 28 heavy (non-hydrogen) atoms. The summed E-state index contributed by atoms with van der Waals surface area (Å²) in [7, 11) is -3.06. The van der Waals surface area contributed by atoms with Crippen LogP contribution < -0.4 is 9.80 Å². The number of rotatable bonds is 6. The van der Waals surface area contributed by atoms with Gasteiger partial charge in [0.15, 0.2) is 15.0 Å². The summed E-state index contributed by atoms with van der Waals surface area (Å²) in [5.41, 5.74) is 2.02. The van der Waals surface area contributed by atoms with E-state index in [-0.39, 0.29) is 34.6 Å². The Morgan fingerprint density at radius 3 is 2.43 bits per heavy atom. The molecule has 2 aliphatic rings. The number of nitrogens with zero attached hydrogens (tertiary/aromatic N) is 3. The summed E-state index contributed by atoms with van der Waals surface area (Å²) in [6, 6.07) is 7.95. The molecular weight excluding hydrogens is 394 g/mol. The first kappa shape index (κ1) is 21.2. The number of thioether (sulfide) groups is 1. The van der Waals surface area contributed by atoms with Crippen LogP contribution in [0, 0.1) is 5.92 Å². The van der Waals surface area contributed by atoms with E-state index < -0.39 is 9.84 Å². The molecule has 0 aromatic heterocycles. The predicted molar refractivity (Wildman–Crippen MR) is 118 cm³/mol. The number of hydrogen-bond acceptors (Lipinski definition) is 5. The Hall–Kier alpha value is -1.54. The Bertz CT molecular complexity index is 848. The van der Waals surface area contributed by atoms with E-state index in [4.69, 9.17) is 0 Å². The van der Waals surface area contributed by atoms with Crippen molar-refractivity contribution in [1.29, 1.82) is 0 Å². The number of benzene rings is 1. The first-order valence-corrected chi connectivity index (χ1v) is 12.6. The predicted octanol–water partition coefficient (Wildman–Crippen LogP) is 3.18. The SMILES string of the molecule is CC[C@@H](C)C(=O)N=C1S[C@H]2CS(=O)(=O)C[C@@H]2N1c1ccc(N(CC)CC)cc1. The third-order valence-electron chi connectivity index (χ3n) is 5.56. The van der Waals surface area contributed by atoms with Crippen LogP contribution in [0.15, 0.2) is 29.3 Å². The lowest BCUT2D eigenvalue weighted by molar-refractivity contribution is -0.121. The van der Waals surface area contributed by atoms with Gasteiger partial charge in [-0.2, -0.15) is 4.99 Å². The molecule has 3 atom stereocenters. The zero-order chi connectivity index (χ0) is 20.5. The van der Waals surface area contributed by atoms with E-state index in [0.29, 0.717) is 5.17 Å². The van der Waals surface area contributed by atoms with Gasteiger partial charge >= 0.3 is 0 Å². The van der Waals surface area contributed by atoms with E-state index >= 15 is 0 Å². The van der Waals surface area contributed by atoms with Crippen LogP contribution in [0.4, 0.5) is 11.4 Å². The highest BCUT2D eigenvalue weighted by molar-refractivity contribution is 8.16. The average molecular weight is 424 g/mol. The molecule has 154 valence electrons. The van der Waals surface area contributed by atoms with Gasteiger partial charge in [-0.25, -0.2) is 8.42 Å². The first-order valence-electron chi connectivity index (χ1n) is 9.93. The molecule has 3 rings (SSSR count). The van der Waals surface area contributed by atoms with E-state index in [1.54, 1.807) is 0 Å². The fourth-order valence-corrected chi connectivity index (χ4v) is 7.58. The lowest BCUT2D eigenvalue weighted by atomic mass is 10.1. The van der Waals surface area contributed by atoms with Crippen molar-refractivity contribution in [3.05, 3.63) is 24.3 Å². The van der Waals surface area contributed by atoms with Crippen LogP contribution in [0.3, 0.4) is 0 Å². The third-order valence-corrected chi connectivity index (χ3v) is 8.77. The zero-order valence-electron chi connectivity index (χ0n) is 17.0. The lowest BCUT2D eigenvalue weighted by Gasteiger charge is -2.26. The highest BCUT2D eigenvalue weighted by Gasteiger charge is 2.49. The van der Waals surface area contributed by atoms with Gasteiger partial charge in [0.25, 0.3) is 5.91 Å². The van der Waals surface area contributed by atoms with Gasteiger partial charge in [-0.3, -0.25) is 4.79 Å². The molecule has 2 heterocycles. The van der Waals surface area contributed by atoms with Gasteiger partial charge in [0, 0.05) is 35.6 Å². The second-order valence-corrected chi connectivity index (χ2v) is 10.8. The summed E-state index contributed by atoms with van der Waals surface area (Å²) in [5.74, 6) is -0.0203. The van der Waals surface area contributed by atoms with Gasteiger partial charge in [0.05, 0.1) is 17.5 Å². The van der Waals surface area contributed by atoms with Crippen LogP contribution in [0.2, 0.25) is 0 Å². The van der Waals surface area contributed by atoms with E-state index in [2.05, 4.69) is 35.9 Å². The molecule has 0 bridgehead atoms. The van der Waals surface area contributed by atoms with Gasteiger partial charge in [0.2, 0.25) is 0 Å². The van der Waals surface area contributed by atoms with Crippen molar-refractivity contribution in [3.63, 3.8) is 0 Å². The van der Waals surface area contributed by atoms with E-state index in [9.17, 15) is 13.2 Å². The van der Waals surface area contributed by atoms with Crippen LogP contribution in [-0.2, 0) is 14.6 Å². The van der Waals surface area contributed by atoms with Crippen molar-refractivity contribution >= 4 is 44.0 Å². The normalized spacial score (nSPS) is 25.7. The van der Waals surface area contributed by atoms with Crippen molar-refractivity contribution in [3.8, 4) is 0 Å². The van der Waals surface area contributed by atoms with Crippen LogP contribution in [0.5, 0.6) is 0 Å². The molecule has 0 radical (unpaired) electrons. The Balaban J connectivity index is 1.95. The molecule has 0 aliphatic carbocycles. The molecule has 1 aromatic carbocycles. The van der Waals surface area contributed by atoms with Crippen LogP contribution in [0.25, 0.3) is 0 Å². The number of sulfone groups is 1. The van der Waals surface area contributed by atoms with E-state index in [1.165, 1.54) is 11.8 Å². The molecule has 1 amide bonds. The number of amidine groups is 1. The number of carbonyl (C=O) groups is 1. The van der Waals surface area contributed by atoms with Gasteiger partial charge in [-0.15, -0.1) is 0 Å². The second-order valence-electron chi connectivity index (χ2n) is 7.40. The van der Waals surface area contributed by atoms with Crippen molar-refractivity contribution in [1.82, 2.24) is 0 Å². The summed E-state index contributed by atoms with van der Waals surface area (Å²) in [4.78, 5) is 21.0. The lowest BCUT2D eigenvalue weighted by Crippen LogP contribution is -2.38. The molecule has 0 spiro atoms. The molecule has 0 N–H and O–H groups in total. The Morgan fingerprint density at radius 1 is 1.21 bits per heavy atom. The quantitative estimate of drug-likeness (QED) is 0.700.